The van der Waals surface area contributed by atoms with Gasteiger partial charge in [-0.2, -0.15) is 4.98 Å². The SMILES string of the molecule is CCc1nc(CCNC(=O)c2ccc(-c3ccccc3Cl)o2)no1. The normalized spacial score (nSPS) is 10.8. The van der Waals surface area contributed by atoms with Crippen LogP contribution < -0.4 is 5.32 Å². The summed E-state index contributed by atoms with van der Waals surface area (Å²) >= 11 is 6.13. The number of aromatic nitrogens is 2. The van der Waals surface area contributed by atoms with E-state index in [1.165, 1.54) is 0 Å². The number of amides is 1. The fourth-order valence-electron chi connectivity index (χ4n) is 2.18. The first-order valence-electron chi connectivity index (χ1n) is 7.61. The Balaban J connectivity index is 1.59. The van der Waals surface area contributed by atoms with Crippen molar-refractivity contribution in [2.75, 3.05) is 6.54 Å². The molecule has 0 spiro atoms. The molecule has 0 aliphatic rings. The molecule has 0 aliphatic carbocycles. The first-order valence-corrected chi connectivity index (χ1v) is 7.99. The predicted molar refractivity (Wildman–Crippen MR) is 88.9 cm³/mol. The third-order valence-electron chi connectivity index (χ3n) is 3.42. The first-order chi connectivity index (χ1) is 11.7. The van der Waals surface area contributed by atoms with Crippen LogP contribution in [-0.2, 0) is 12.8 Å². The number of carbonyl (C=O) groups is 1. The highest BCUT2D eigenvalue weighted by atomic mass is 35.5. The molecule has 124 valence electrons. The Morgan fingerprint density at radius 3 is 2.83 bits per heavy atom. The summed E-state index contributed by atoms with van der Waals surface area (Å²) in [6, 6.07) is 10.7. The number of nitrogens with zero attached hydrogens (tertiary/aromatic N) is 2. The van der Waals surface area contributed by atoms with Crippen LogP contribution in [-0.4, -0.2) is 22.6 Å². The second kappa shape index (κ2) is 7.31. The number of hydrogen-bond donors (Lipinski definition) is 1. The van der Waals surface area contributed by atoms with Gasteiger partial charge in [-0.15, -0.1) is 0 Å². The summed E-state index contributed by atoms with van der Waals surface area (Å²) in [5.41, 5.74) is 0.747. The Bertz CT molecular complexity index is 841. The molecule has 6 nitrogen and oxygen atoms in total. The van der Waals surface area contributed by atoms with Gasteiger partial charge in [0.15, 0.2) is 11.6 Å². The highest BCUT2D eigenvalue weighted by Gasteiger charge is 2.14. The Labute approximate surface area is 143 Å². The number of benzene rings is 1. The fourth-order valence-corrected chi connectivity index (χ4v) is 2.40. The fraction of sp³-hybridized carbons (Fsp3) is 0.235. The maximum atomic E-state index is 12.1. The van der Waals surface area contributed by atoms with Crippen LogP contribution in [0.3, 0.4) is 0 Å². The van der Waals surface area contributed by atoms with E-state index in [9.17, 15) is 4.79 Å². The minimum atomic E-state index is -0.299. The largest absolute Gasteiger partial charge is 0.451 e. The molecule has 0 bridgehead atoms. The van der Waals surface area contributed by atoms with Crippen LogP contribution >= 0.6 is 11.6 Å². The lowest BCUT2D eigenvalue weighted by Gasteiger charge is -2.01. The van der Waals surface area contributed by atoms with Crippen molar-refractivity contribution in [3.05, 3.63) is 58.9 Å². The first kappa shape index (κ1) is 16.3. The van der Waals surface area contributed by atoms with Gasteiger partial charge in [-0.1, -0.05) is 35.8 Å². The maximum Gasteiger partial charge on any atom is 0.287 e. The monoisotopic (exact) mass is 345 g/mol. The molecule has 1 N–H and O–H groups in total. The van der Waals surface area contributed by atoms with Gasteiger partial charge in [-0.3, -0.25) is 4.79 Å². The van der Waals surface area contributed by atoms with Crippen molar-refractivity contribution in [2.45, 2.75) is 19.8 Å². The van der Waals surface area contributed by atoms with Gasteiger partial charge in [0.2, 0.25) is 5.89 Å². The van der Waals surface area contributed by atoms with E-state index in [0.717, 1.165) is 5.56 Å². The number of halogens is 1. The van der Waals surface area contributed by atoms with Crippen LogP contribution in [0.1, 0.15) is 29.2 Å². The molecule has 0 radical (unpaired) electrons. The number of aryl methyl sites for hydroxylation is 1. The number of nitrogens with one attached hydrogen (secondary N) is 1. The third-order valence-corrected chi connectivity index (χ3v) is 3.75. The zero-order valence-electron chi connectivity index (χ0n) is 13.1. The number of rotatable bonds is 6. The molecular formula is C17H16ClN3O3. The Morgan fingerprint density at radius 2 is 2.08 bits per heavy atom. The average Bonchev–Trinajstić information content (AvgIpc) is 3.24. The second-order valence-electron chi connectivity index (χ2n) is 5.11. The predicted octanol–water partition coefficient (Wildman–Crippen LogP) is 3.52. The average molecular weight is 346 g/mol. The van der Waals surface area contributed by atoms with Crippen LogP contribution in [0, 0.1) is 0 Å². The minimum Gasteiger partial charge on any atom is -0.451 e. The lowest BCUT2D eigenvalue weighted by Crippen LogP contribution is -2.25. The number of carbonyl (C=O) groups excluding carboxylic acids is 1. The second-order valence-corrected chi connectivity index (χ2v) is 5.51. The topological polar surface area (TPSA) is 81.2 Å². The Morgan fingerprint density at radius 1 is 1.25 bits per heavy atom. The van der Waals surface area contributed by atoms with Gasteiger partial charge in [-0.05, 0) is 24.3 Å². The van der Waals surface area contributed by atoms with Crippen molar-refractivity contribution < 1.29 is 13.7 Å². The number of furan rings is 1. The van der Waals surface area contributed by atoms with Crippen LogP contribution in [0.15, 0.2) is 45.3 Å². The van der Waals surface area contributed by atoms with E-state index in [-0.39, 0.29) is 11.7 Å². The van der Waals surface area contributed by atoms with Crippen molar-refractivity contribution in [1.29, 1.82) is 0 Å². The molecule has 2 aromatic heterocycles. The zero-order valence-corrected chi connectivity index (χ0v) is 13.8. The summed E-state index contributed by atoms with van der Waals surface area (Å²) in [5, 5.41) is 7.17. The molecule has 0 fully saturated rings. The van der Waals surface area contributed by atoms with Crippen molar-refractivity contribution >= 4 is 17.5 Å². The molecule has 0 aliphatic heterocycles. The molecular weight excluding hydrogens is 330 g/mol. The Hall–Kier alpha value is -2.60. The summed E-state index contributed by atoms with van der Waals surface area (Å²) in [4.78, 5) is 16.3. The molecule has 0 saturated carbocycles. The molecule has 3 rings (SSSR count). The van der Waals surface area contributed by atoms with Crippen LogP contribution in [0.4, 0.5) is 0 Å². The Kier molecular flexibility index (Phi) is 4.96. The van der Waals surface area contributed by atoms with E-state index in [2.05, 4.69) is 15.5 Å². The van der Waals surface area contributed by atoms with Crippen molar-refractivity contribution in [1.82, 2.24) is 15.5 Å². The standard InChI is InChI=1S/C17H16ClN3O3/c1-2-16-20-15(21-24-16)9-10-19-17(22)14-8-7-13(23-14)11-5-3-4-6-12(11)18/h3-8H,2,9-10H2,1H3,(H,19,22). The summed E-state index contributed by atoms with van der Waals surface area (Å²) < 4.78 is 10.6. The molecule has 24 heavy (non-hydrogen) atoms. The molecule has 7 heteroatoms. The van der Waals surface area contributed by atoms with Crippen molar-refractivity contribution in [2.24, 2.45) is 0 Å². The highest BCUT2D eigenvalue weighted by molar-refractivity contribution is 6.33. The molecule has 2 heterocycles. The highest BCUT2D eigenvalue weighted by Crippen LogP contribution is 2.28. The van der Waals surface area contributed by atoms with Gasteiger partial charge in [0, 0.05) is 24.9 Å². The molecule has 1 aromatic carbocycles. The van der Waals surface area contributed by atoms with E-state index in [4.69, 9.17) is 20.5 Å². The molecule has 0 atom stereocenters. The smallest absolute Gasteiger partial charge is 0.287 e. The number of hydrogen-bond acceptors (Lipinski definition) is 5. The van der Waals surface area contributed by atoms with Gasteiger partial charge < -0.3 is 14.3 Å². The summed E-state index contributed by atoms with van der Waals surface area (Å²) in [5.74, 6) is 1.64. The van der Waals surface area contributed by atoms with Gasteiger partial charge in [0.1, 0.15) is 5.76 Å². The molecule has 0 saturated heterocycles. The summed E-state index contributed by atoms with van der Waals surface area (Å²) in [7, 11) is 0. The molecule has 1 amide bonds. The quantitative estimate of drug-likeness (QED) is 0.739. The van der Waals surface area contributed by atoms with Crippen LogP contribution in [0.25, 0.3) is 11.3 Å². The van der Waals surface area contributed by atoms with E-state index < -0.39 is 0 Å². The van der Waals surface area contributed by atoms with Gasteiger partial charge in [0.25, 0.3) is 5.91 Å². The summed E-state index contributed by atoms with van der Waals surface area (Å²) in [6.45, 7) is 2.33. The maximum absolute atomic E-state index is 12.1. The van der Waals surface area contributed by atoms with Crippen molar-refractivity contribution in [3.63, 3.8) is 0 Å². The van der Waals surface area contributed by atoms with Crippen LogP contribution in [0.5, 0.6) is 0 Å². The zero-order chi connectivity index (χ0) is 16.9. The molecule has 0 unspecified atom stereocenters. The van der Waals surface area contributed by atoms with Gasteiger partial charge >= 0.3 is 0 Å². The van der Waals surface area contributed by atoms with Gasteiger partial charge in [0.05, 0.1) is 5.02 Å². The minimum absolute atomic E-state index is 0.229. The third kappa shape index (κ3) is 3.65. The van der Waals surface area contributed by atoms with Gasteiger partial charge in [-0.25, -0.2) is 0 Å². The van der Waals surface area contributed by atoms with E-state index in [0.29, 0.717) is 41.9 Å². The lowest BCUT2D eigenvalue weighted by molar-refractivity contribution is 0.0927. The lowest BCUT2D eigenvalue weighted by atomic mass is 10.2. The summed E-state index contributed by atoms with van der Waals surface area (Å²) in [6.07, 6.45) is 1.18. The van der Waals surface area contributed by atoms with E-state index >= 15 is 0 Å². The van der Waals surface area contributed by atoms with E-state index in [1.54, 1.807) is 18.2 Å². The van der Waals surface area contributed by atoms with Crippen LogP contribution in [0.2, 0.25) is 5.02 Å². The molecule has 3 aromatic rings. The van der Waals surface area contributed by atoms with E-state index in [1.807, 2.05) is 25.1 Å². The van der Waals surface area contributed by atoms with Crippen molar-refractivity contribution in [3.8, 4) is 11.3 Å².